The molecular weight excluding hydrogens is 392 g/mol. The Labute approximate surface area is 183 Å². The third-order valence-electron chi connectivity index (χ3n) is 6.89. The van der Waals surface area contributed by atoms with Crippen LogP contribution in [0.25, 0.3) is 0 Å². The normalized spacial score (nSPS) is 20.1. The lowest BCUT2D eigenvalue weighted by Crippen LogP contribution is -2.35. The van der Waals surface area contributed by atoms with Gasteiger partial charge in [-0.25, -0.2) is 0 Å². The second-order valence-electron chi connectivity index (χ2n) is 9.00. The van der Waals surface area contributed by atoms with Gasteiger partial charge in [0.15, 0.2) is 0 Å². The largest absolute Gasteiger partial charge is 0.356 e. The highest BCUT2D eigenvalue weighted by molar-refractivity contribution is 5.79. The zero-order valence-electron chi connectivity index (χ0n) is 18.7. The molecule has 2 aromatic heterocycles. The van der Waals surface area contributed by atoms with E-state index in [4.69, 9.17) is 0 Å². The number of rotatable bonds is 8. The van der Waals surface area contributed by atoms with E-state index in [2.05, 4.69) is 20.8 Å². The van der Waals surface area contributed by atoms with E-state index in [1.165, 1.54) is 22.5 Å². The van der Waals surface area contributed by atoms with Crippen molar-refractivity contribution >= 4 is 11.8 Å². The van der Waals surface area contributed by atoms with E-state index in [1.54, 1.807) is 0 Å². The van der Waals surface area contributed by atoms with Crippen LogP contribution in [0.2, 0.25) is 0 Å². The van der Waals surface area contributed by atoms with Gasteiger partial charge in [0.25, 0.3) is 0 Å². The van der Waals surface area contributed by atoms with E-state index < -0.39 is 0 Å². The molecule has 0 spiro atoms. The molecule has 2 aliphatic rings. The van der Waals surface area contributed by atoms with Gasteiger partial charge in [-0.1, -0.05) is 0 Å². The van der Waals surface area contributed by atoms with Crippen molar-refractivity contribution in [2.24, 2.45) is 25.9 Å². The van der Waals surface area contributed by atoms with Crippen LogP contribution in [0.4, 0.5) is 0 Å². The molecule has 8 heteroatoms. The Hall–Kier alpha value is -2.64. The quantitative estimate of drug-likeness (QED) is 0.625. The molecule has 0 aromatic carbocycles. The Balaban J connectivity index is 1.08. The van der Waals surface area contributed by atoms with Gasteiger partial charge in [-0.05, 0) is 56.1 Å². The number of amides is 2. The number of aryl methyl sites for hydroxylation is 4. The van der Waals surface area contributed by atoms with E-state index in [0.29, 0.717) is 13.1 Å². The maximum absolute atomic E-state index is 12.5. The summed E-state index contributed by atoms with van der Waals surface area (Å²) in [6.07, 6.45) is 12.0. The van der Waals surface area contributed by atoms with Crippen LogP contribution in [0.15, 0.2) is 12.4 Å². The van der Waals surface area contributed by atoms with Crippen molar-refractivity contribution in [2.75, 3.05) is 13.1 Å². The van der Waals surface area contributed by atoms with Crippen LogP contribution in [0.3, 0.4) is 0 Å². The van der Waals surface area contributed by atoms with Crippen LogP contribution in [-0.4, -0.2) is 44.5 Å². The summed E-state index contributed by atoms with van der Waals surface area (Å²) in [6.45, 7) is 1.40. The number of fused-ring (bicyclic) bond motifs is 2. The lowest BCUT2D eigenvalue weighted by molar-refractivity contribution is -0.126. The minimum absolute atomic E-state index is 0.0534. The number of hydrogen-bond donors (Lipinski definition) is 2. The zero-order valence-corrected chi connectivity index (χ0v) is 18.7. The minimum atomic E-state index is 0.0534. The van der Waals surface area contributed by atoms with Crippen LogP contribution >= 0.6 is 0 Å². The van der Waals surface area contributed by atoms with Crippen molar-refractivity contribution < 1.29 is 9.59 Å². The van der Waals surface area contributed by atoms with Gasteiger partial charge in [0.1, 0.15) is 0 Å². The monoisotopic (exact) mass is 426 g/mol. The molecule has 8 nitrogen and oxygen atoms in total. The molecule has 2 N–H and O–H groups in total. The molecule has 168 valence electrons. The van der Waals surface area contributed by atoms with E-state index >= 15 is 0 Å². The fourth-order valence-corrected chi connectivity index (χ4v) is 4.88. The van der Waals surface area contributed by atoms with E-state index in [0.717, 1.165) is 57.8 Å². The Morgan fingerprint density at radius 2 is 1.29 bits per heavy atom. The van der Waals surface area contributed by atoms with Crippen molar-refractivity contribution in [3.05, 3.63) is 34.9 Å². The van der Waals surface area contributed by atoms with Crippen LogP contribution in [-0.2, 0) is 49.4 Å². The molecule has 0 bridgehead atoms. The average Bonchev–Trinajstić information content (AvgIpc) is 3.34. The summed E-state index contributed by atoms with van der Waals surface area (Å²) < 4.78 is 3.79. The first-order valence-corrected chi connectivity index (χ1v) is 11.6. The SMILES string of the molecule is Cn1ncc2c1CC(C(=O)NCCCCCNC(=O)C1CCc3cnn(C)c3C1)CC2. The number of hydrogen-bond acceptors (Lipinski definition) is 4. The third kappa shape index (κ3) is 4.99. The van der Waals surface area contributed by atoms with Crippen LogP contribution in [0, 0.1) is 11.8 Å². The number of nitrogens with zero attached hydrogens (tertiary/aromatic N) is 4. The summed E-state index contributed by atoms with van der Waals surface area (Å²) in [5.41, 5.74) is 4.95. The molecule has 4 rings (SSSR count). The maximum atomic E-state index is 12.5. The Kier molecular flexibility index (Phi) is 6.73. The van der Waals surface area contributed by atoms with Crippen LogP contribution in [0.5, 0.6) is 0 Å². The lowest BCUT2D eigenvalue weighted by Gasteiger charge is -2.22. The highest BCUT2D eigenvalue weighted by atomic mass is 16.2. The summed E-state index contributed by atoms with van der Waals surface area (Å²) in [4.78, 5) is 25.0. The molecular formula is C23H34N6O2. The van der Waals surface area contributed by atoms with Gasteiger partial charge in [0.05, 0.1) is 12.4 Å². The minimum Gasteiger partial charge on any atom is -0.356 e. The van der Waals surface area contributed by atoms with Crippen molar-refractivity contribution in [2.45, 2.75) is 57.8 Å². The predicted octanol–water partition coefficient (Wildman–Crippen LogP) is 1.47. The smallest absolute Gasteiger partial charge is 0.223 e. The zero-order chi connectivity index (χ0) is 21.8. The van der Waals surface area contributed by atoms with Gasteiger partial charge >= 0.3 is 0 Å². The van der Waals surface area contributed by atoms with Crippen molar-refractivity contribution in [3.63, 3.8) is 0 Å². The Morgan fingerprint density at radius 3 is 1.74 bits per heavy atom. The maximum Gasteiger partial charge on any atom is 0.223 e. The highest BCUT2D eigenvalue weighted by Gasteiger charge is 2.27. The first kappa shape index (κ1) is 21.6. The van der Waals surface area contributed by atoms with E-state index in [9.17, 15) is 9.59 Å². The number of nitrogens with one attached hydrogen (secondary N) is 2. The number of carbonyl (C=O) groups excluding carboxylic acids is 2. The summed E-state index contributed by atoms with van der Waals surface area (Å²) >= 11 is 0. The van der Waals surface area contributed by atoms with Gasteiger partial charge in [-0.3, -0.25) is 19.0 Å². The van der Waals surface area contributed by atoms with Crippen molar-refractivity contribution in [3.8, 4) is 0 Å². The third-order valence-corrected chi connectivity index (χ3v) is 6.89. The standard InChI is InChI=1S/C23H34N6O2/c1-28-20-12-16(6-8-18(20)14-26-28)22(30)24-10-4-3-5-11-25-23(31)17-7-9-19-15-27-29(2)21(19)13-17/h14-17H,3-13H2,1-2H3,(H,24,30)(H,25,31). The number of unbranched alkanes of at least 4 members (excludes halogenated alkanes) is 2. The topological polar surface area (TPSA) is 93.8 Å². The molecule has 0 aliphatic heterocycles. The number of aromatic nitrogens is 4. The van der Waals surface area contributed by atoms with Gasteiger partial charge in [-0.15, -0.1) is 0 Å². The van der Waals surface area contributed by atoms with Gasteiger partial charge < -0.3 is 10.6 Å². The first-order chi connectivity index (χ1) is 15.0. The summed E-state index contributed by atoms with van der Waals surface area (Å²) in [5.74, 6) is 0.425. The average molecular weight is 427 g/mol. The first-order valence-electron chi connectivity index (χ1n) is 11.6. The van der Waals surface area contributed by atoms with E-state index in [-0.39, 0.29) is 23.7 Å². The molecule has 0 saturated heterocycles. The van der Waals surface area contributed by atoms with Crippen molar-refractivity contribution in [1.29, 1.82) is 0 Å². The van der Waals surface area contributed by atoms with Crippen LogP contribution in [0.1, 0.15) is 54.6 Å². The molecule has 0 fully saturated rings. The fourth-order valence-electron chi connectivity index (χ4n) is 4.88. The molecule has 2 aliphatic carbocycles. The molecule has 31 heavy (non-hydrogen) atoms. The van der Waals surface area contributed by atoms with Gasteiger partial charge in [0, 0.05) is 63.3 Å². The highest BCUT2D eigenvalue weighted by Crippen LogP contribution is 2.26. The molecule has 0 saturated carbocycles. The second kappa shape index (κ2) is 9.66. The molecule has 2 aromatic rings. The molecule has 2 heterocycles. The summed E-state index contributed by atoms with van der Waals surface area (Å²) in [7, 11) is 3.89. The fraction of sp³-hybridized carbons (Fsp3) is 0.652. The predicted molar refractivity (Wildman–Crippen MR) is 117 cm³/mol. The molecule has 2 atom stereocenters. The lowest BCUT2D eigenvalue weighted by atomic mass is 9.87. The number of carbonyl (C=O) groups is 2. The van der Waals surface area contributed by atoms with Crippen molar-refractivity contribution in [1.82, 2.24) is 30.2 Å². The molecule has 2 amide bonds. The Morgan fingerprint density at radius 1 is 0.839 bits per heavy atom. The molecule has 0 radical (unpaired) electrons. The summed E-state index contributed by atoms with van der Waals surface area (Å²) in [5, 5.41) is 14.8. The Bertz CT molecular complexity index is 856. The van der Waals surface area contributed by atoms with Gasteiger partial charge in [0.2, 0.25) is 11.8 Å². The summed E-state index contributed by atoms with van der Waals surface area (Å²) in [6, 6.07) is 0. The second-order valence-corrected chi connectivity index (χ2v) is 9.00. The van der Waals surface area contributed by atoms with E-state index in [1.807, 2.05) is 35.9 Å². The van der Waals surface area contributed by atoms with Crippen LogP contribution < -0.4 is 10.6 Å². The van der Waals surface area contributed by atoms with Gasteiger partial charge in [-0.2, -0.15) is 10.2 Å². The molecule has 2 unspecified atom stereocenters.